The molecule has 2 unspecified atom stereocenters. The third-order valence-electron chi connectivity index (χ3n) is 4.42. The zero-order chi connectivity index (χ0) is 14.2. The van der Waals surface area contributed by atoms with Gasteiger partial charge in [-0.3, -0.25) is 4.79 Å². The van der Waals surface area contributed by atoms with Crippen LogP contribution in [-0.2, 0) is 11.2 Å². The van der Waals surface area contributed by atoms with Crippen LogP contribution in [0.5, 0.6) is 0 Å². The highest BCUT2D eigenvalue weighted by Crippen LogP contribution is 2.39. The Labute approximate surface area is 120 Å². The van der Waals surface area contributed by atoms with Gasteiger partial charge in [-0.2, -0.15) is 5.10 Å². The van der Waals surface area contributed by atoms with E-state index in [2.05, 4.69) is 48.6 Å². The highest BCUT2D eigenvalue weighted by Gasteiger charge is 2.45. The lowest BCUT2D eigenvalue weighted by Gasteiger charge is -2.36. The van der Waals surface area contributed by atoms with Crippen LogP contribution in [0.1, 0.15) is 38.7 Å². The van der Waals surface area contributed by atoms with Crippen LogP contribution in [0.25, 0.3) is 0 Å². The Morgan fingerprint density at radius 2 is 2.00 bits per heavy atom. The highest BCUT2D eigenvalue weighted by molar-refractivity contribution is 6.07. The van der Waals surface area contributed by atoms with Crippen LogP contribution >= 0.6 is 0 Å². The minimum atomic E-state index is 0.0201. The molecule has 0 radical (unpaired) electrons. The van der Waals surface area contributed by atoms with Gasteiger partial charge in [0, 0.05) is 6.42 Å². The molecule has 20 heavy (non-hydrogen) atoms. The largest absolute Gasteiger partial charge is 0.306 e. The Hall–Kier alpha value is -1.64. The number of carbonyl (C=O) groups is 1. The van der Waals surface area contributed by atoms with Gasteiger partial charge in [-0.25, -0.2) is 0 Å². The number of hydrogen-bond donors (Lipinski definition) is 1. The Morgan fingerprint density at radius 3 is 2.75 bits per heavy atom. The molecular weight excluding hydrogens is 248 g/mol. The maximum Gasteiger partial charge on any atom is 0.144 e. The summed E-state index contributed by atoms with van der Waals surface area (Å²) in [5.41, 5.74) is 5.67. The molecule has 1 aliphatic heterocycles. The monoisotopic (exact) mass is 270 g/mol. The topological polar surface area (TPSA) is 41.5 Å². The minimum absolute atomic E-state index is 0.0201. The number of benzene rings is 1. The third-order valence-corrected chi connectivity index (χ3v) is 4.42. The van der Waals surface area contributed by atoms with E-state index in [-0.39, 0.29) is 17.4 Å². The summed E-state index contributed by atoms with van der Waals surface area (Å²) < 4.78 is 0. The first-order valence-corrected chi connectivity index (χ1v) is 7.44. The van der Waals surface area contributed by atoms with E-state index < -0.39 is 0 Å². The fourth-order valence-corrected chi connectivity index (χ4v) is 3.49. The van der Waals surface area contributed by atoms with E-state index in [0.29, 0.717) is 12.2 Å². The number of ketones is 1. The smallest absolute Gasteiger partial charge is 0.144 e. The molecule has 0 aromatic heterocycles. The van der Waals surface area contributed by atoms with E-state index in [1.165, 1.54) is 5.56 Å². The van der Waals surface area contributed by atoms with Crippen LogP contribution in [0.4, 0.5) is 0 Å². The first-order valence-electron chi connectivity index (χ1n) is 7.44. The lowest BCUT2D eigenvalue weighted by atomic mass is 9.68. The van der Waals surface area contributed by atoms with Crippen molar-refractivity contribution in [2.24, 2.45) is 16.4 Å². The predicted molar refractivity (Wildman–Crippen MR) is 80.6 cm³/mol. The number of hydrazone groups is 1. The van der Waals surface area contributed by atoms with E-state index in [1.54, 1.807) is 0 Å². The molecule has 1 saturated carbocycles. The van der Waals surface area contributed by atoms with Crippen molar-refractivity contribution < 1.29 is 4.79 Å². The van der Waals surface area contributed by atoms with E-state index in [9.17, 15) is 4.79 Å². The van der Waals surface area contributed by atoms with Gasteiger partial charge < -0.3 is 5.43 Å². The van der Waals surface area contributed by atoms with Crippen molar-refractivity contribution in [3.63, 3.8) is 0 Å². The van der Waals surface area contributed by atoms with Gasteiger partial charge in [-0.1, -0.05) is 44.2 Å². The average molecular weight is 270 g/mol. The maximum absolute atomic E-state index is 12.4. The van der Waals surface area contributed by atoms with E-state index in [1.807, 2.05) is 6.07 Å². The molecule has 3 heteroatoms. The van der Waals surface area contributed by atoms with Gasteiger partial charge in [0.2, 0.25) is 0 Å². The standard InChI is InChI=1S/C17H22N2O/c1-17(2)10-14-16(15(20)11-17)13(18-19-14)9-8-12-6-4-3-5-7-12/h3-7,14,16,19H,8-11H2,1-2H3. The first-order chi connectivity index (χ1) is 9.55. The molecule has 3 nitrogen and oxygen atoms in total. The fourth-order valence-electron chi connectivity index (χ4n) is 3.49. The van der Waals surface area contributed by atoms with Crippen LogP contribution in [0.3, 0.4) is 0 Å². The maximum atomic E-state index is 12.4. The van der Waals surface area contributed by atoms with Crippen LogP contribution in [0, 0.1) is 11.3 Å². The predicted octanol–water partition coefficient (Wildman–Crippen LogP) is 2.95. The summed E-state index contributed by atoms with van der Waals surface area (Å²) in [5.74, 6) is 0.384. The summed E-state index contributed by atoms with van der Waals surface area (Å²) in [6.07, 6.45) is 3.55. The van der Waals surface area contributed by atoms with Crippen molar-refractivity contribution in [2.75, 3.05) is 0 Å². The Balaban J connectivity index is 1.66. The average Bonchev–Trinajstić information content (AvgIpc) is 2.79. The van der Waals surface area contributed by atoms with Gasteiger partial charge in [0.15, 0.2) is 0 Å². The van der Waals surface area contributed by atoms with Gasteiger partial charge in [0.05, 0.1) is 17.7 Å². The molecule has 1 aromatic rings. The molecule has 1 fully saturated rings. The number of rotatable bonds is 3. The number of carbonyl (C=O) groups excluding carboxylic acids is 1. The number of Topliss-reactive ketones (excluding diaryl/α,β-unsaturated/α-hetero) is 1. The fraction of sp³-hybridized carbons (Fsp3) is 0.529. The summed E-state index contributed by atoms with van der Waals surface area (Å²) in [6, 6.07) is 10.6. The molecule has 106 valence electrons. The number of nitrogens with one attached hydrogen (secondary N) is 1. The molecule has 2 atom stereocenters. The van der Waals surface area contributed by atoms with Crippen LogP contribution in [-0.4, -0.2) is 17.5 Å². The van der Waals surface area contributed by atoms with Crippen molar-refractivity contribution in [1.29, 1.82) is 0 Å². The Kier molecular flexibility index (Phi) is 3.36. The SMILES string of the molecule is CC1(C)CC(=O)C2C(CCc3ccccc3)=NNC2C1. The third kappa shape index (κ3) is 2.62. The molecule has 1 aliphatic carbocycles. The number of fused-ring (bicyclic) bond motifs is 1. The second-order valence-corrected chi connectivity index (χ2v) is 6.81. The van der Waals surface area contributed by atoms with E-state index >= 15 is 0 Å². The van der Waals surface area contributed by atoms with Gasteiger partial charge in [0.1, 0.15) is 5.78 Å². The van der Waals surface area contributed by atoms with E-state index in [0.717, 1.165) is 25.0 Å². The van der Waals surface area contributed by atoms with Crippen molar-refractivity contribution in [3.8, 4) is 0 Å². The lowest BCUT2D eigenvalue weighted by molar-refractivity contribution is -0.126. The summed E-state index contributed by atoms with van der Waals surface area (Å²) >= 11 is 0. The molecule has 2 aliphatic rings. The summed E-state index contributed by atoms with van der Waals surface area (Å²) in [6.45, 7) is 4.34. The lowest BCUT2D eigenvalue weighted by Crippen LogP contribution is -2.45. The molecule has 1 N–H and O–H groups in total. The zero-order valence-electron chi connectivity index (χ0n) is 12.2. The molecule has 3 rings (SSSR count). The van der Waals surface area contributed by atoms with Gasteiger partial charge in [-0.15, -0.1) is 0 Å². The number of aryl methyl sites for hydroxylation is 1. The second kappa shape index (κ2) is 5.04. The first kappa shape index (κ1) is 13.3. The van der Waals surface area contributed by atoms with Crippen LogP contribution in [0.2, 0.25) is 0 Å². The van der Waals surface area contributed by atoms with E-state index in [4.69, 9.17) is 0 Å². The zero-order valence-corrected chi connectivity index (χ0v) is 12.2. The molecular formula is C17H22N2O. The van der Waals surface area contributed by atoms with Gasteiger partial charge in [0.25, 0.3) is 0 Å². The van der Waals surface area contributed by atoms with Crippen molar-refractivity contribution in [2.45, 2.75) is 45.6 Å². The molecule has 1 aromatic carbocycles. The Bertz CT molecular complexity index is 533. The summed E-state index contributed by atoms with van der Waals surface area (Å²) in [4.78, 5) is 12.4. The van der Waals surface area contributed by atoms with Crippen molar-refractivity contribution in [1.82, 2.24) is 5.43 Å². The second-order valence-electron chi connectivity index (χ2n) is 6.81. The highest BCUT2D eigenvalue weighted by atomic mass is 16.1. The molecule has 0 amide bonds. The normalized spacial score (nSPS) is 27.7. The quantitative estimate of drug-likeness (QED) is 0.917. The van der Waals surface area contributed by atoms with Gasteiger partial charge in [-0.05, 0) is 30.2 Å². The number of hydrogen-bond acceptors (Lipinski definition) is 3. The van der Waals surface area contributed by atoms with Crippen LogP contribution in [0.15, 0.2) is 35.4 Å². The molecule has 0 saturated heterocycles. The summed E-state index contributed by atoms with van der Waals surface area (Å²) in [7, 11) is 0. The van der Waals surface area contributed by atoms with Crippen molar-refractivity contribution >= 4 is 11.5 Å². The van der Waals surface area contributed by atoms with Crippen LogP contribution < -0.4 is 5.43 Å². The molecule has 0 spiro atoms. The molecule has 0 bridgehead atoms. The summed E-state index contributed by atoms with van der Waals surface area (Å²) in [5, 5.41) is 4.46. The number of nitrogens with zero attached hydrogens (tertiary/aromatic N) is 1. The Morgan fingerprint density at radius 1 is 1.25 bits per heavy atom. The molecule has 1 heterocycles. The van der Waals surface area contributed by atoms with Gasteiger partial charge >= 0.3 is 0 Å². The van der Waals surface area contributed by atoms with Crippen molar-refractivity contribution in [3.05, 3.63) is 35.9 Å². The minimum Gasteiger partial charge on any atom is -0.306 e.